The minimum absolute atomic E-state index is 0.0167. The fraction of sp³-hybridized carbons (Fsp3) is 0.429. The van der Waals surface area contributed by atoms with Gasteiger partial charge in [0.05, 0.1) is 35.6 Å². The van der Waals surface area contributed by atoms with Crippen molar-refractivity contribution in [3.63, 3.8) is 0 Å². The van der Waals surface area contributed by atoms with Crippen molar-refractivity contribution >= 4 is 35.6 Å². The summed E-state index contributed by atoms with van der Waals surface area (Å²) < 4.78 is 36.7. The summed E-state index contributed by atoms with van der Waals surface area (Å²) in [5, 5.41) is 40.7. The zero-order chi connectivity index (χ0) is 46.6. The predicted octanol–water partition coefficient (Wildman–Crippen LogP) is 3.66. The van der Waals surface area contributed by atoms with Gasteiger partial charge in [-0.1, -0.05) is 62.4 Å². The molecule has 342 valence electrons. The molecule has 6 bridgehead atoms. The van der Waals surface area contributed by atoms with Crippen molar-refractivity contribution in [2.75, 3.05) is 13.2 Å². The Labute approximate surface area is 374 Å². The van der Waals surface area contributed by atoms with Gasteiger partial charge in [-0.3, -0.25) is 14.4 Å². The van der Waals surface area contributed by atoms with Gasteiger partial charge in [0.1, 0.15) is 36.3 Å². The summed E-state index contributed by atoms with van der Waals surface area (Å²) in [5.41, 5.74) is -7.44. The number of aliphatic hydroxyl groups excluding tert-OH is 2. The molecule has 4 N–H and O–H groups in total. The molecular formula is C49H51NO15. The highest BCUT2D eigenvalue weighted by atomic mass is 16.6. The van der Waals surface area contributed by atoms with Crippen LogP contribution in [-0.4, -0.2) is 112 Å². The minimum atomic E-state index is -2.42. The van der Waals surface area contributed by atoms with Crippen LogP contribution in [0.1, 0.15) is 79.8 Å². The number of aliphatic hydroxyl groups is 3. The van der Waals surface area contributed by atoms with E-state index in [2.05, 4.69) is 5.32 Å². The highest BCUT2D eigenvalue weighted by molar-refractivity contribution is 5.96. The number of ketones is 1. The molecule has 5 aliphatic rings. The first-order chi connectivity index (χ1) is 30.8. The Morgan fingerprint density at radius 2 is 1.55 bits per heavy atom. The van der Waals surface area contributed by atoms with Crippen LogP contribution in [0.15, 0.2) is 108 Å². The number of ether oxygens (including phenoxy) is 6. The number of benzene rings is 3. The summed E-state index contributed by atoms with van der Waals surface area (Å²) >= 11 is 0. The van der Waals surface area contributed by atoms with Gasteiger partial charge in [-0.25, -0.2) is 14.4 Å². The fourth-order valence-corrected chi connectivity index (χ4v) is 10.6. The highest BCUT2D eigenvalue weighted by Crippen LogP contribution is 2.64. The maximum atomic E-state index is 15.6. The third-order valence-electron chi connectivity index (χ3n) is 14.1. The van der Waals surface area contributed by atoms with E-state index in [1.165, 1.54) is 38.1 Å². The molecule has 2 aliphatic heterocycles. The second-order valence-corrected chi connectivity index (χ2v) is 18.1. The van der Waals surface area contributed by atoms with Crippen molar-refractivity contribution in [3.8, 4) is 5.75 Å². The van der Waals surface area contributed by atoms with Crippen molar-refractivity contribution in [2.24, 2.45) is 16.7 Å². The van der Waals surface area contributed by atoms with E-state index in [1.54, 1.807) is 80.6 Å². The molecule has 8 rings (SSSR count). The second kappa shape index (κ2) is 17.0. The minimum Gasteiger partial charge on any atom is -0.490 e. The van der Waals surface area contributed by atoms with E-state index in [1.807, 2.05) is 0 Å². The van der Waals surface area contributed by atoms with Crippen LogP contribution in [-0.2, 0) is 42.9 Å². The Hall–Kier alpha value is -6.20. The van der Waals surface area contributed by atoms with Crippen LogP contribution in [0, 0.1) is 16.7 Å². The average Bonchev–Trinajstić information content (AvgIpc) is 3.28. The lowest BCUT2D eigenvalue weighted by Crippen LogP contribution is -2.82. The molecule has 3 aromatic rings. The topological polar surface area (TPSA) is 231 Å². The van der Waals surface area contributed by atoms with Crippen LogP contribution in [0.5, 0.6) is 5.75 Å². The standard InChI is InChI=1S/C49H51NO15/c1-26-32-24-49(59)42(64-44(57)29-16-10-7-11-17-29)40-47(5,41(55)39(62-27(2)51)36(26)46(49,3)4)33(52)23-34-48(40,25-61-34)65-35(53)20-13-21-60-31-19-12-18-30(22-31)37(38(54)45(58)63-32)50-43(56)28-14-8-6-9-15-28/h6-20,22,32-34,37-40,42,52,54,59H,21,23-25H2,1-5H3,(H,50,56)/b20-13-/t32-,33-,34+,37-,38+,39+,40-,42-,47+,48-,49+/m0/s1. The van der Waals surface area contributed by atoms with Gasteiger partial charge in [0.2, 0.25) is 0 Å². The van der Waals surface area contributed by atoms with Crippen molar-refractivity contribution in [1.29, 1.82) is 0 Å². The first kappa shape index (κ1) is 45.4. The number of esters is 4. The first-order valence-corrected chi connectivity index (χ1v) is 21.4. The quantitative estimate of drug-likeness (QED) is 0.163. The zero-order valence-corrected chi connectivity index (χ0v) is 36.4. The van der Waals surface area contributed by atoms with Crippen molar-refractivity contribution < 1.29 is 72.5 Å². The van der Waals surface area contributed by atoms with E-state index < -0.39 is 113 Å². The fourth-order valence-electron chi connectivity index (χ4n) is 10.6. The molecule has 1 spiro atoms. The van der Waals surface area contributed by atoms with Crippen LogP contribution < -0.4 is 10.1 Å². The van der Waals surface area contributed by atoms with Crippen LogP contribution >= 0.6 is 0 Å². The first-order valence-electron chi connectivity index (χ1n) is 21.4. The Balaban J connectivity index is 1.35. The van der Waals surface area contributed by atoms with Gasteiger partial charge in [0, 0.05) is 36.8 Å². The number of hydrogen-bond donors (Lipinski definition) is 4. The normalized spacial score (nSPS) is 34.6. The van der Waals surface area contributed by atoms with Gasteiger partial charge < -0.3 is 49.1 Å². The lowest BCUT2D eigenvalue weighted by Gasteiger charge is -2.67. The monoisotopic (exact) mass is 893 g/mol. The number of nitrogens with one attached hydrogen (secondary N) is 1. The van der Waals surface area contributed by atoms with Crippen molar-refractivity contribution in [2.45, 2.75) is 101 Å². The lowest BCUT2D eigenvalue weighted by atomic mass is 9.44. The second-order valence-electron chi connectivity index (χ2n) is 18.1. The molecule has 11 atom stereocenters. The van der Waals surface area contributed by atoms with Gasteiger partial charge in [0.25, 0.3) is 5.91 Å². The molecule has 1 amide bonds. The molecule has 0 unspecified atom stereocenters. The molecule has 16 nitrogen and oxygen atoms in total. The zero-order valence-electron chi connectivity index (χ0n) is 36.4. The van der Waals surface area contributed by atoms with Crippen LogP contribution in [0.2, 0.25) is 0 Å². The molecule has 0 radical (unpaired) electrons. The molecular weight excluding hydrogens is 843 g/mol. The van der Waals surface area contributed by atoms with Crippen LogP contribution in [0.3, 0.4) is 0 Å². The smallest absolute Gasteiger partial charge is 0.338 e. The Kier molecular flexibility index (Phi) is 11.9. The summed E-state index contributed by atoms with van der Waals surface area (Å²) in [7, 11) is 0. The molecule has 65 heavy (non-hydrogen) atoms. The number of amides is 1. The summed E-state index contributed by atoms with van der Waals surface area (Å²) in [6, 6.07) is 20.7. The molecule has 3 aromatic carbocycles. The van der Waals surface area contributed by atoms with Crippen molar-refractivity contribution in [1.82, 2.24) is 5.32 Å². The van der Waals surface area contributed by atoms with Gasteiger partial charge in [-0.05, 0) is 73.0 Å². The summed E-state index contributed by atoms with van der Waals surface area (Å²) in [6.45, 7) is 6.55. The largest absolute Gasteiger partial charge is 0.490 e. The summed E-state index contributed by atoms with van der Waals surface area (Å²) in [6.07, 6.45) is -8.38. The van der Waals surface area contributed by atoms with Gasteiger partial charge in [0.15, 0.2) is 23.6 Å². The molecule has 3 aliphatic carbocycles. The lowest BCUT2D eigenvalue weighted by molar-refractivity contribution is -0.345. The third kappa shape index (κ3) is 7.61. The summed E-state index contributed by atoms with van der Waals surface area (Å²) in [4.78, 5) is 85.3. The molecule has 0 aromatic heterocycles. The number of Topliss-reactive ketones (excluding diaryl/α,β-unsaturated/α-hetero) is 1. The van der Waals surface area contributed by atoms with E-state index in [0.717, 1.165) is 13.0 Å². The van der Waals surface area contributed by atoms with Gasteiger partial charge >= 0.3 is 23.9 Å². The Bertz CT molecular complexity index is 2470. The van der Waals surface area contributed by atoms with E-state index in [4.69, 9.17) is 28.4 Å². The number of fused-ring (bicyclic) bond motifs is 4. The van der Waals surface area contributed by atoms with Gasteiger partial charge in [-0.2, -0.15) is 0 Å². The van der Waals surface area contributed by atoms with E-state index in [9.17, 15) is 39.3 Å². The molecule has 2 heterocycles. The maximum absolute atomic E-state index is 15.6. The highest BCUT2D eigenvalue weighted by Gasteiger charge is 2.78. The number of carbonyl (C=O) groups is 6. The van der Waals surface area contributed by atoms with E-state index in [0.29, 0.717) is 0 Å². The maximum Gasteiger partial charge on any atom is 0.338 e. The third-order valence-corrected chi connectivity index (χ3v) is 14.1. The predicted molar refractivity (Wildman–Crippen MR) is 227 cm³/mol. The van der Waals surface area contributed by atoms with E-state index in [-0.39, 0.29) is 53.2 Å². The van der Waals surface area contributed by atoms with Crippen LogP contribution in [0.4, 0.5) is 0 Å². The Morgan fingerprint density at radius 3 is 2.20 bits per heavy atom. The van der Waals surface area contributed by atoms with Crippen molar-refractivity contribution in [3.05, 3.63) is 125 Å². The summed E-state index contributed by atoms with van der Waals surface area (Å²) in [5.74, 6) is -6.92. The number of hydrogen-bond acceptors (Lipinski definition) is 15. The number of rotatable bonds is 5. The van der Waals surface area contributed by atoms with Crippen LogP contribution in [0.25, 0.3) is 0 Å². The molecule has 3 fully saturated rings. The average molecular weight is 894 g/mol. The Morgan fingerprint density at radius 1 is 0.877 bits per heavy atom. The van der Waals surface area contributed by atoms with E-state index >= 15 is 4.79 Å². The SMILES string of the molecule is CC(=O)O[C@H]1C(=O)[C@@]2(C)[C@@H]3[C@H](OC(=O)c4ccccc4)[C@]4(O)C[C@H](OC(=O)[C@H](O)[C@@H](NC(=O)c5ccccc5)c5cccc(c5)OC/C=C\C(=O)O[C@]35CO[C@@H]5C[C@@H]2O)C(C)=C1C4(C)C. The molecule has 2 saturated carbocycles. The molecule has 1 saturated heterocycles. The number of carbonyl (C=O) groups excluding carboxylic acids is 6. The van der Waals surface area contributed by atoms with Gasteiger partial charge in [-0.15, -0.1) is 0 Å². The molecule has 16 heteroatoms.